The quantitative estimate of drug-likeness (QED) is 0.445. The van der Waals surface area contributed by atoms with Crippen molar-refractivity contribution in [3.63, 3.8) is 0 Å². The molecule has 1 atom stereocenters. The minimum absolute atomic E-state index is 0.159. The van der Waals surface area contributed by atoms with Gasteiger partial charge in [0.1, 0.15) is 17.1 Å². The Balaban J connectivity index is 2.17. The largest absolute Gasteiger partial charge is 0.503 e. The Morgan fingerprint density at radius 2 is 2.33 bits per heavy atom. The lowest BCUT2D eigenvalue weighted by molar-refractivity contribution is 0.0469. The molecule has 0 saturated heterocycles. The molecule has 2 aromatic heterocycles. The van der Waals surface area contributed by atoms with Crippen LogP contribution in [-0.4, -0.2) is 25.7 Å². The average molecular weight is 310 g/mol. The number of aromatic hydroxyl groups is 1. The molecule has 8 nitrogen and oxygen atoms in total. The zero-order valence-electron chi connectivity index (χ0n) is 11.3. The number of nitrogens with zero attached hydrogens (tertiary/aromatic N) is 3. The summed E-state index contributed by atoms with van der Waals surface area (Å²) in [5.74, 6) is -0.550. The van der Waals surface area contributed by atoms with Gasteiger partial charge in [-0.1, -0.05) is 5.16 Å². The highest BCUT2D eigenvalue weighted by Gasteiger charge is 2.14. The smallest absolute Gasteiger partial charge is 0.223 e. The highest BCUT2D eigenvalue weighted by Crippen LogP contribution is 2.18. The maximum Gasteiger partial charge on any atom is 0.223 e. The Labute approximate surface area is 123 Å². The first-order chi connectivity index (χ1) is 9.88. The molecule has 2 aromatic rings. The van der Waals surface area contributed by atoms with Gasteiger partial charge in [0.25, 0.3) is 0 Å². The van der Waals surface area contributed by atoms with Gasteiger partial charge in [-0.2, -0.15) is 4.73 Å². The summed E-state index contributed by atoms with van der Waals surface area (Å²) in [6.45, 7) is 3.30. The second-order valence-electron chi connectivity index (χ2n) is 4.29. The van der Waals surface area contributed by atoms with Gasteiger partial charge in [0.15, 0.2) is 17.0 Å². The highest BCUT2D eigenvalue weighted by molar-refractivity contribution is 7.13. The third kappa shape index (κ3) is 3.31. The number of rotatable bonds is 4. The summed E-state index contributed by atoms with van der Waals surface area (Å²) >= 11 is 1.29. The lowest BCUT2D eigenvalue weighted by atomic mass is 10.2. The van der Waals surface area contributed by atoms with Crippen LogP contribution in [0.1, 0.15) is 31.3 Å². The van der Waals surface area contributed by atoms with Gasteiger partial charge in [0, 0.05) is 11.4 Å². The number of aromatic nitrogens is 2. The maximum atomic E-state index is 11.4. The van der Waals surface area contributed by atoms with Gasteiger partial charge in [-0.15, -0.1) is 11.3 Å². The molecule has 112 valence electrons. The van der Waals surface area contributed by atoms with Crippen molar-refractivity contribution in [3.05, 3.63) is 39.3 Å². The van der Waals surface area contributed by atoms with E-state index in [0.717, 1.165) is 12.3 Å². The number of thiazole rings is 1. The number of nitrogens with two attached hydrogens (primary N) is 1. The van der Waals surface area contributed by atoms with Crippen LogP contribution in [-0.2, 0) is 4.84 Å². The lowest BCUT2D eigenvalue weighted by Gasteiger charge is -2.13. The molecule has 2 heterocycles. The Kier molecular flexibility index (Phi) is 4.13. The molecule has 0 bridgehead atoms. The Bertz CT molecular complexity index is 737. The van der Waals surface area contributed by atoms with Gasteiger partial charge in [-0.3, -0.25) is 4.79 Å². The third-order valence-corrected chi connectivity index (χ3v) is 3.37. The van der Waals surface area contributed by atoms with E-state index in [9.17, 15) is 15.1 Å². The topological polar surface area (TPSA) is 123 Å². The zero-order valence-corrected chi connectivity index (χ0v) is 12.2. The predicted molar refractivity (Wildman–Crippen MR) is 77.8 cm³/mol. The van der Waals surface area contributed by atoms with Crippen LogP contribution in [0.25, 0.3) is 0 Å². The van der Waals surface area contributed by atoms with Crippen molar-refractivity contribution in [2.45, 2.75) is 20.0 Å². The first-order valence-electron chi connectivity index (χ1n) is 5.95. The van der Waals surface area contributed by atoms with Gasteiger partial charge in [0.05, 0.1) is 6.20 Å². The molecule has 0 aromatic carbocycles. The molecule has 0 aliphatic carbocycles. The van der Waals surface area contributed by atoms with Crippen LogP contribution < -0.4 is 11.2 Å². The van der Waals surface area contributed by atoms with Crippen molar-refractivity contribution in [2.75, 3.05) is 5.73 Å². The van der Waals surface area contributed by atoms with Gasteiger partial charge in [-0.25, -0.2) is 4.98 Å². The monoisotopic (exact) mass is 310 g/mol. The van der Waals surface area contributed by atoms with Crippen LogP contribution in [0.5, 0.6) is 5.75 Å². The van der Waals surface area contributed by atoms with Crippen LogP contribution in [0.3, 0.4) is 0 Å². The second kappa shape index (κ2) is 5.83. The molecule has 0 spiro atoms. The van der Waals surface area contributed by atoms with Crippen molar-refractivity contribution in [1.82, 2.24) is 9.71 Å². The van der Waals surface area contributed by atoms with Crippen LogP contribution >= 0.6 is 11.3 Å². The van der Waals surface area contributed by atoms with E-state index in [1.165, 1.54) is 11.3 Å². The van der Waals surface area contributed by atoms with Crippen molar-refractivity contribution in [3.8, 4) is 5.75 Å². The molecule has 0 amide bonds. The van der Waals surface area contributed by atoms with E-state index in [1.54, 1.807) is 19.2 Å². The maximum absolute atomic E-state index is 11.4. The second-order valence-corrected chi connectivity index (χ2v) is 5.18. The number of hydrogen-bond acceptors (Lipinski definition) is 8. The summed E-state index contributed by atoms with van der Waals surface area (Å²) in [4.78, 5) is 20.7. The lowest BCUT2D eigenvalue weighted by Crippen LogP contribution is -2.13. The third-order valence-electron chi connectivity index (χ3n) is 2.70. The molecule has 21 heavy (non-hydrogen) atoms. The van der Waals surface area contributed by atoms with E-state index < -0.39 is 17.3 Å². The number of anilines is 1. The standard InChI is InChI=1S/C12H14N4O4S/c1-6(8-5-21-12(13)14-8)15-20-7(2)9-3-10(17)11(18)4-16(9)19/h3-5,7,18-19H,1-2H3,(H2,13,14)/b15-6+. The molecule has 0 saturated carbocycles. The molecule has 2 rings (SSSR count). The van der Waals surface area contributed by atoms with E-state index >= 15 is 0 Å². The fraction of sp³-hybridized carbons (Fsp3) is 0.250. The van der Waals surface area contributed by atoms with Crippen molar-refractivity contribution in [1.29, 1.82) is 0 Å². The molecule has 0 radical (unpaired) electrons. The van der Waals surface area contributed by atoms with E-state index in [0.29, 0.717) is 21.3 Å². The minimum Gasteiger partial charge on any atom is -0.503 e. The molecule has 0 aliphatic heterocycles. The van der Waals surface area contributed by atoms with Crippen molar-refractivity contribution >= 4 is 22.2 Å². The summed E-state index contributed by atoms with van der Waals surface area (Å²) in [6, 6.07) is 1.08. The first kappa shape index (κ1) is 14.9. The summed E-state index contributed by atoms with van der Waals surface area (Å²) in [5, 5.41) is 24.9. The number of oxime groups is 1. The number of pyridine rings is 1. The Hall–Kier alpha value is -2.55. The van der Waals surface area contributed by atoms with Crippen molar-refractivity contribution in [2.24, 2.45) is 5.16 Å². The van der Waals surface area contributed by atoms with E-state index in [-0.39, 0.29) is 5.69 Å². The van der Waals surface area contributed by atoms with Crippen LogP contribution in [0.15, 0.2) is 27.6 Å². The van der Waals surface area contributed by atoms with Crippen LogP contribution in [0, 0.1) is 0 Å². The molecule has 0 fully saturated rings. The zero-order chi connectivity index (χ0) is 15.6. The van der Waals surface area contributed by atoms with Crippen LogP contribution in [0.2, 0.25) is 0 Å². The average Bonchev–Trinajstić information content (AvgIpc) is 2.86. The molecular formula is C12H14N4O4S. The SMILES string of the molecule is C/C(=N\OC(C)c1cc(=O)c(O)cn1O)c1csc(N)n1. The number of hydrogen-bond donors (Lipinski definition) is 3. The fourth-order valence-corrected chi connectivity index (χ4v) is 2.15. The molecule has 4 N–H and O–H groups in total. The summed E-state index contributed by atoms with van der Waals surface area (Å²) in [6.07, 6.45) is 0.198. The Morgan fingerprint density at radius 3 is 2.95 bits per heavy atom. The Morgan fingerprint density at radius 1 is 1.62 bits per heavy atom. The van der Waals surface area contributed by atoms with Gasteiger partial charge >= 0.3 is 0 Å². The van der Waals surface area contributed by atoms with Gasteiger partial charge < -0.3 is 20.9 Å². The summed E-state index contributed by atoms with van der Waals surface area (Å²) < 4.78 is 0.618. The molecule has 0 aliphatic rings. The van der Waals surface area contributed by atoms with E-state index in [2.05, 4.69) is 10.1 Å². The van der Waals surface area contributed by atoms with E-state index in [4.69, 9.17) is 10.6 Å². The van der Waals surface area contributed by atoms with Gasteiger partial charge in [0.2, 0.25) is 5.43 Å². The van der Waals surface area contributed by atoms with E-state index in [1.807, 2.05) is 0 Å². The molecule has 9 heteroatoms. The summed E-state index contributed by atoms with van der Waals surface area (Å²) in [7, 11) is 0. The minimum atomic E-state index is -0.700. The first-order valence-corrected chi connectivity index (χ1v) is 6.83. The van der Waals surface area contributed by atoms with Crippen LogP contribution in [0.4, 0.5) is 5.13 Å². The normalized spacial score (nSPS) is 13.1. The van der Waals surface area contributed by atoms with Gasteiger partial charge in [-0.05, 0) is 13.8 Å². The molecule has 1 unspecified atom stereocenters. The number of nitrogen functional groups attached to an aromatic ring is 1. The molecular weight excluding hydrogens is 296 g/mol. The fourth-order valence-electron chi connectivity index (χ4n) is 1.54. The predicted octanol–water partition coefficient (Wildman–Crippen LogP) is 1.33. The van der Waals surface area contributed by atoms with Crippen molar-refractivity contribution < 1.29 is 15.2 Å². The summed E-state index contributed by atoms with van der Waals surface area (Å²) in [5.41, 5.74) is 6.19. The highest BCUT2D eigenvalue weighted by atomic mass is 32.1.